The fraction of sp³-hybridized carbons (Fsp3) is 0.316. The van der Waals surface area contributed by atoms with Crippen LogP contribution in [0.25, 0.3) is 0 Å². The second-order valence-electron chi connectivity index (χ2n) is 5.77. The predicted octanol–water partition coefficient (Wildman–Crippen LogP) is 4.55. The first kappa shape index (κ1) is 15.9. The SMILES string of the molecule is O=C(c1cc(OCc2ccccc2)ccc1Cl)N1CCCCC1. The number of likely N-dealkylation sites (tertiary alicyclic amines) is 1. The summed E-state index contributed by atoms with van der Waals surface area (Å²) >= 11 is 6.22. The van der Waals surface area contributed by atoms with Crippen molar-refractivity contribution in [3.05, 3.63) is 64.7 Å². The Hall–Kier alpha value is -2.00. The van der Waals surface area contributed by atoms with Crippen molar-refractivity contribution in [1.82, 2.24) is 4.90 Å². The number of benzene rings is 2. The largest absolute Gasteiger partial charge is 0.489 e. The number of ether oxygens (including phenoxy) is 1. The fourth-order valence-corrected chi connectivity index (χ4v) is 2.96. The third-order valence-corrected chi connectivity index (χ3v) is 4.39. The number of carbonyl (C=O) groups is 1. The van der Waals surface area contributed by atoms with Crippen LogP contribution in [-0.4, -0.2) is 23.9 Å². The summed E-state index contributed by atoms with van der Waals surface area (Å²) in [6, 6.07) is 15.2. The van der Waals surface area contributed by atoms with Gasteiger partial charge in [0.05, 0.1) is 10.6 Å². The monoisotopic (exact) mass is 329 g/mol. The second-order valence-corrected chi connectivity index (χ2v) is 6.18. The van der Waals surface area contributed by atoms with E-state index >= 15 is 0 Å². The Morgan fingerprint density at radius 2 is 1.78 bits per heavy atom. The summed E-state index contributed by atoms with van der Waals surface area (Å²) < 4.78 is 5.80. The van der Waals surface area contributed by atoms with Crippen LogP contribution in [0, 0.1) is 0 Å². The van der Waals surface area contributed by atoms with Crippen LogP contribution < -0.4 is 4.74 Å². The molecule has 0 aliphatic carbocycles. The Morgan fingerprint density at radius 3 is 2.52 bits per heavy atom. The molecule has 4 heteroatoms. The minimum atomic E-state index is -0.000129. The lowest BCUT2D eigenvalue weighted by Crippen LogP contribution is -2.35. The summed E-state index contributed by atoms with van der Waals surface area (Å²) in [6.07, 6.45) is 3.32. The van der Waals surface area contributed by atoms with Crippen LogP contribution in [-0.2, 0) is 6.61 Å². The highest BCUT2D eigenvalue weighted by Crippen LogP contribution is 2.25. The molecule has 3 rings (SSSR count). The van der Waals surface area contributed by atoms with E-state index in [-0.39, 0.29) is 5.91 Å². The van der Waals surface area contributed by atoms with Gasteiger partial charge in [0.1, 0.15) is 12.4 Å². The smallest absolute Gasteiger partial charge is 0.255 e. The first-order valence-electron chi connectivity index (χ1n) is 7.99. The molecule has 23 heavy (non-hydrogen) atoms. The number of carbonyl (C=O) groups excluding carboxylic acids is 1. The minimum absolute atomic E-state index is 0.000129. The first-order valence-corrected chi connectivity index (χ1v) is 8.37. The Kier molecular flexibility index (Phi) is 5.19. The molecule has 1 saturated heterocycles. The van der Waals surface area contributed by atoms with E-state index < -0.39 is 0 Å². The molecule has 1 heterocycles. The molecule has 1 amide bonds. The molecule has 1 aliphatic rings. The normalized spacial score (nSPS) is 14.6. The molecule has 2 aromatic carbocycles. The average molecular weight is 330 g/mol. The molecule has 0 N–H and O–H groups in total. The van der Waals surface area contributed by atoms with Gasteiger partial charge >= 0.3 is 0 Å². The summed E-state index contributed by atoms with van der Waals surface area (Å²) in [4.78, 5) is 14.5. The molecule has 3 nitrogen and oxygen atoms in total. The molecule has 0 aromatic heterocycles. The van der Waals surface area contributed by atoms with Gasteiger partial charge in [-0.25, -0.2) is 0 Å². The van der Waals surface area contributed by atoms with Crippen molar-refractivity contribution in [3.8, 4) is 5.75 Å². The Balaban J connectivity index is 1.72. The molecule has 0 unspecified atom stereocenters. The van der Waals surface area contributed by atoms with Crippen molar-refractivity contribution < 1.29 is 9.53 Å². The van der Waals surface area contributed by atoms with E-state index in [1.807, 2.05) is 35.2 Å². The van der Waals surface area contributed by atoms with Crippen LogP contribution in [0.2, 0.25) is 5.02 Å². The van der Waals surface area contributed by atoms with E-state index in [4.69, 9.17) is 16.3 Å². The molecule has 2 aromatic rings. The average Bonchev–Trinajstić information content (AvgIpc) is 2.62. The topological polar surface area (TPSA) is 29.5 Å². The van der Waals surface area contributed by atoms with E-state index in [0.717, 1.165) is 31.5 Å². The van der Waals surface area contributed by atoms with Crippen molar-refractivity contribution in [1.29, 1.82) is 0 Å². The van der Waals surface area contributed by atoms with Crippen LogP contribution in [0.15, 0.2) is 48.5 Å². The Morgan fingerprint density at radius 1 is 1.04 bits per heavy atom. The van der Waals surface area contributed by atoms with Crippen LogP contribution in [0.5, 0.6) is 5.75 Å². The summed E-state index contributed by atoms with van der Waals surface area (Å²) in [5.74, 6) is 0.665. The van der Waals surface area contributed by atoms with Gasteiger partial charge in [-0.05, 0) is 43.0 Å². The zero-order valence-corrected chi connectivity index (χ0v) is 13.8. The molecule has 1 fully saturated rings. The Labute approximate surface area is 141 Å². The lowest BCUT2D eigenvalue weighted by atomic mass is 10.1. The quantitative estimate of drug-likeness (QED) is 0.823. The van der Waals surface area contributed by atoms with Crippen LogP contribution in [0.1, 0.15) is 35.2 Å². The predicted molar refractivity (Wildman–Crippen MR) is 92.0 cm³/mol. The zero-order valence-electron chi connectivity index (χ0n) is 13.0. The third-order valence-electron chi connectivity index (χ3n) is 4.06. The van der Waals surface area contributed by atoms with Gasteiger partial charge in [0.25, 0.3) is 5.91 Å². The molecule has 0 radical (unpaired) electrons. The van der Waals surface area contributed by atoms with Gasteiger partial charge in [0.2, 0.25) is 0 Å². The second kappa shape index (κ2) is 7.51. The van der Waals surface area contributed by atoms with Gasteiger partial charge in [0.15, 0.2) is 0 Å². The highest BCUT2D eigenvalue weighted by molar-refractivity contribution is 6.33. The zero-order chi connectivity index (χ0) is 16.1. The van der Waals surface area contributed by atoms with E-state index in [2.05, 4.69) is 0 Å². The van der Waals surface area contributed by atoms with Crippen molar-refractivity contribution in [2.75, 3.05) is 13.1 Å². The van der Waals surface area contributed by atoms with Gasteiger partial charge in [-0.1, -0.05) is 41.9 Å². The van der Waals surface area contributed by atoms with Crippen molar-refractivity contribution in [2.24, 2.45) is 0 Å². The summed E-state index contributed by atoms with van der Waals surface area (Å²) in [6.45, 7) is 2.09. The maximum Gasteiger partial charge on any atom is 0.255 e. The standard InChI is InChI=1S/C19H20ClNO2/c20-18-10-9-16(23-14-15-7-3-1-4-8-15)13-17(18)19(22)21-11-5-2-6-12-21/h1,3-4,7-10,13H,2,5-6,11-12,14H2. The van der Waals surface area contributed by atoms with Gasteiger partial charge in [0, 0.05) is 13.1 Å². The van der Waals surface area contributed by atoms with Crippen LogP contribution in [0.4, 0.5) is 0 Å². The molecular weight excluding hydrogens is 310 g/mol. The lowest BCUT2D eigenvalue weighted by Gasteiger charge is -2.27. The molecule has 0 saturated carbocycles. The molecule has 0 atom stereocenters. The maximum atomic E-state index is 12.6. The Bertz CT molecular complexity index is 666. The number of nitrogens with zero attached hydrogens (tertiary/aromatic N) is 1. The summed E-state index contributed by atoms with van der Waals surface area (Å²) in [5.41, 5.74) is 1.62. The van der Waals surface area contributed by atoms with E-state index in [1.165, 1.54) is 6.42 Å². The number of amides is 1. The number of halogens is 1. The van der Waals surface area contributed by atoms with Gasteiger partial charge in [-0.15, -0.1) is 0 Å². The highest BCUT2D eigenvalue weighted by Gasteiger charge is 2.20. The molecule has 0 spiro atoms. The highest BCUT2D eigenvalue weighted by atomic mass is 35.5. The number of hydrogen-bond donors (Lipinski definition) is 0. The molecular formula is C19H20ClNO2. The molecule has 1 aliphatic heterocycles. The summed E-state index contributed by atoms with van der Waals surface area (Å²) in [7, 11) is 0. The van der Waals surface area contributed by atoms with Gasteiger partial charge < -0.3 is 9.64 Å². The van der Waals surface area contributed by atoms with Crippen LogP contribution in [0.3, 0.4) is 0 Å². The van der Waals surface area contributed by atoms with Gasteiger partial charge in [-0.3, -0.25) is 4.79 Å². The maximum absolute atomic E-state index is 12.6. The minimum Gasteiger partial charge on any atom is -0.489 e. The number of piperidine rings is 1. The fourth-order valence-electron chi connectivity index (χ4n) is 2.77. The number of hydrogen-bond acceptors (Lipinski definition) is 2. The number of rotatable bonds is 4. The van der Waals surface area contributed by atoms with Crippen molar-refractivity contribution in [2.45, 2.75) is 25.9 Å². The van der Waals surface area contributed by atoms with Gasteiger partial charge in [-0.2, -0.15) is 0 Å². The van der Waals surface area contributed by atoms with E-state index in [0.29, 0.717) is 22.9 Å². The molecule has 0 bridgehead atoms. The molecule has 120 valence electrons. The van der Waals surface area contributed by atoms with Crippen molar-refractivity contribution in [3.63, 3.8) is 0 Å². The van der Waals surface area contributed by atoms with Crippen molar-refractivity contribution >= 4 is 17.5 Å². The van der Waals surface area contributed by atoms with E-state index in [1.54, 1.807) is 18.2 Å². The third kappa shape index (κ3) is 4.05. The van der Waals surface area contributed by atoms with E-state index in [9.17, 15) is 4.79 Å². The summed E-state index contributed by atoms with van der Waals surface area (Å²) in [5, 5.41) is 0.479. The first-order chi connectivity index (χ1) is 11.2. The lowest BCUT2D eigenvalue weighted by molar-refractivity contribution is 0.0724. The van der Waals surface area contributed by atoms with Crippen LogP contribution >= 0.6 is 11.6 Å².